The van der Waals surface area contributed by atoms with Crippen LogP contribution in [0.1, 0.15) is 26.3 Å². The Labute approximate surface area is 170 Å². The Balaban J connectivity index is 0.000000734. The number of aromatic nitrogens is 1. The van der Waals surface area contributed by atoms with Gasteiger partial charge in [0, 0.05) is 6.20 Å². The number of carbonyl (C=O) groups excluding carboxylic acids is 1. The summed E-state index contributed by atoms with van der Waals surface area (Å²) in [6.07, 6.45) is 3.10. The van der Waals surface area contributed by atoms with Crippen molar-refractivity contribution in [3.63, 3.8) is 0 Å². The van der Waals surface area contributed by atoms with Crippen molar-refractivity contribution < 1.29 is 42.6 Å². The first-order chi connectivity index (χ1) is 12.8. The highest BCUT2D eigenvalue weighted by molar-refractivity contribution is 7.99. The molecule has 15 heteroatoms. The number of nitrogens with zero attached hydrogens (tertiary/aromatic N) is 1. The first-order valence-electron chi connectivity index (χ1n) is 7.66. The molecule has 1 heterocycles. The molecule has 12 nitrogen and oxygen atoms in total. The molecule has 0 aliphatic rings. The van der Waals surface area contributed by atoms with E-state index in [1.54, 1.807) is 26.8 Å². The zero-order chi connectivity index (χ0) is 23.1. The number of carbonyl (C=O) groups is 1. The third-order valence-corrected chi connectivity index (χ3v) is 4.66. The van der Waals surface area contributed by atoms with Crippen LogP contribution >= 0.6 is 0 Å². The van der Waals surface area contributed by atoms with E-state index in [-0.39, 0.29) is 6.61 Å². The molecule has 0 aromatic carbocycles. The molecule has 0 aliphatic heterocycles. The predicted molar refractivity (Wildman–Crippen MR) is 104 cm³/mol. The summed E-state index contributed by atoms with van der Waals surface area (Å²) in [6.45, 7) is 5.17. The highest BCUT2D eigenvalue weighted by Crippen LogP contribution is 2.11. The molecule has 0 bridgehead atoms. The van der Waals surface area contributed by atoms with Crippen LogP contribution in [-0.2, 0) is 49.5 Å². The van der Waals surface area contributed by atoms with Crippen LogP contribution in [0.3, 0.4) is 0 Å². The minimum Gasteiger partial charge on any atom is -0.444 e. The van der Waals surface area contributed by atoms with Gasteiger partial charge in [-0.15, -0.1) is 3.63 Å². The van der Waals surface area contributed by atoms with Crippen molar-refractivity contribution in [3.8, 4) is 0 Å². The first-order valence-corrected chi connectivity index (χ1v) is 13.1. The summed E-state index contributed by atoms with van der Waals surface area (Å²) in [5.41, 5.74) is -0.0157. The number of anilines is 1. The summed E-state index contributed by atoms with van der Waals surface area (Å²) in [6, 6.07) is 3.13. The summed E-state index contributed by atoms with van der Waals surface area (Å²) in [5, 5.41) is 2.47. The van der Waals surface area contributed by atoms with E-state index in [1.165, 1.54) is 12.3 Å². The zero-order valence-electron chi connectivity index (χ0n) is 16.7. The van der Waals surface area contributed by atoms with Crippen molar-refractivity contribution in [3.05, 3.63) is 23.9 Å². The van der Waals surface area contributed by atoms with Gasteiger partial charge in [-0.1, -0.05) is 6.07 Å². The Bertz CT molecular complexity index is 963. The van der Waals surface area contributed by atoms with E-state index in [0.717, 1.165) is 6.26 Å². The van der Waals surface area contributed by atoms with Crippen molar-refractivity contribution in [1.82, 2.24) is 4.98 Å². The number of rotatable bonds is 6. The van der Waals surface area contributed by atoms with Crippen LogP contribution in [0.2, 0.25) is 0 Å². The predicted octanol–water partition coefficient (Wildman–Crippen LogP) is 0.827. The highest BCUT2D eigenvalue weighted by Gasteiger charge is 2.16. The molecule has 0 spiro atoms. The van der Waals surface area contributed by atoms with Crippen LogP contribution in [0.4, 0.5) is 10.6 Å². The molecular weight excluding hydrogens is 452 g/mol. The van der Waals surface area contributed by atoms with Gasteiger partial charge in [-0.3, -0.25) is 9.50 Å². The van der Waals surface area contributed by atoms with Gasteiger partial charge in [0.2, 0.25) is 0 Å². The SMILES string of the molecule is CC(C)(C)OC(=O)Nc1ccc(COS(C)(=O)=O)cn1.CS(=O)(=O)OS(C)(=O)=O. The Hall–Kier alpha value is -1.81. The van der Waals surface area contributed by atoms with Gasteiger partial charge in [0.1, 0.15) is 11.4 Å². The molecule has 1 rings (SSSR count). The van der Waals surface area contributed by atoms with Crippen LogP contribution < -0.4 is 5.32 Å². The van der Waals surface area contributed by atoms with E-state index in [0.29, 0.717) is 23.9 Å². The van der Waals surface area contributed by atoms with Gasteiger partial charge in [-0.05, 0) is 32.4 Å². The number of hydrogen-bond acceptors (Lipinski definition) is 11. The standard InChI is InChI=1S/C12H18N2O5S.C2H6O5S2/c1-12(2,3)19-11(15)14-10-6-5-9(7-13-10)8-18-20(4,16)17;1-8(3,4)7-9(2,5)6/h5-7H,8H2,1-4H3,(H,13,14,15);1-2H3. The molecule has 0 saturated carbocycles. The number of hydrogen-bond donors (Lipinski definition) is 1. The number of nitrogens with one attached hydrogen (secondary N) is 1. The van der Waals surface area contributed by atoms with Gasteiger partial charge in [-0.25, -0.2) is 9.78 Å². The molecule has 1 aromatic rings. The molecule has 0 aliphatic carbocycles. The molecule has 168 valence electrons. The van der Waals surface area contributed by atoms with Crippen LogP contribution in [0.25, 0.3) is 0 Å². The third kappa shape index (κ3) is 18.0. The summed E-state index contributed by atoms with van der Waals surface area (Å²) in [5.74, 6) is 0.308. The van der Waals surface area contributed by atoms with Crippen LogP contribution in [0.15, 0.2) is 18.3 Å². The largest absolute Gasteiger partial charge is 0.444 e. The molecule has 0 saturated heterocycles. The number of amides is 1. The van der Waals surface area contributed by atoms with Crippen molar-refractivity contribution in [2.45, 2.75) is 33.0 Å². The van der Waals surface area contributed by atoms with Crippen molar-refractivity contribution in [2.24, 2.45) is 0 Å². The second-order valence-corrected chi connectivity index (χ2v) is 11.6. The Morgan fingerprint density at radius 1 is 0.966 bits per heavy atom. The molecule has 0 fully saturated rings. The van der Waals surface area contributed by atoms with Crippen molar-refractivity contribution in [1.29, 1.82) is 0 Å². The molecule has 0 atom stereocenters. The fourth-order valence-corrected chi connectivity index (χ4v) is 3.54. The molecule has 29 heavy (non-hydrogen) atoms. The fraction of sp³-hybridized carbons (Fsp3) is 0.571. The Morgan fingerprint density at radius 2 is 1.48 bits per heavy atom. The summed E-state index contributed by atoms with van der Waals surface area (Å²) >= 11 is 0. The lowest BCUT2D eigenvalue weighted by Gasteiger charge is -2.19. The molecule has 1 N–H and O–H groups in total. The van der Waals surface area contributed by atoms with E-state index < -0.39 is 42.0 Å². The van der Waals surface area contributed by atoms with E-state index in [4.69, 9.17) is 4.74 Å². The summed E-state index contributed by atoms with van der Waals surface area (Å²) < 4.78 is 75.1. The maximum atomic E-state index is 11.5. The van der Waals surface area contributed by atoms with Gasteiger partial charge < -0.3 is 4.74 Å². The van der Waals surface area contributed by atoms with Crippen LogP contribution in [-0.4, -0.2) is 60.7 Å². The fourth-order valence-electron chi connectivity index (χ4n) is 1.39. The van der Waals surface area contributed by atoms with E-state index in [1.807, 2.05) is 0 Å². The number of pyridine rings is 1. The minimum atomic E-state index is -3.87. The first kappa shape index (κ1) is 27.2. The van der Waals surface area contributed by atoms with Crippen LogP contribution in [0, 0.1) is 0 Å². The monoisotopic (exact) mass is 476 g/mol. The van der Waals surface area contributed by atoms with E-state index >= 15 is 0 Å². The van der Waals surface area contributed by atoms with Gasteiger partial charge in [0.05, 0.1) is 25.4 Å². The topological polar surface area (TPSA) is 172 Å². The molecule has 0 unspecified atom stereocenters. The maximum absolute atomic E-state index is 11.5. The molecule has 1 amide bonds. The average molecular weight is 477 g/mol. The summed E-state index contributed by atoms with van der Waals surface area (Å²) in [4.78, 5) is 15.5. The molecule has 1 aromatic heterocycles. The smallest absolute Gasteiger partial charge is 0.413 e. The second-order valence-electron chi connectivity index (χ2n) is 6.62. The molecule has 0 radical (unpaired) electrons. The van der Waals surface area contributed by atoms with E-state index in [9.17, 15) is 30.0 Å². The average Bonchev–Trinajstić information content (AvgIpc) is 2.40. The van der Waals surface area contributed by atoms with Gasteiger partial charge in [0.15, 0.2) is 0 Å². The second kappa shape index (κ2) is 10.3. The van der Waals surface area contributed by atoms with Crippen LogP contribution in [0.5, 0.6) is 0 Å². The van der Waals surface area contributed by atoms with Gasteiger partial charge in [0.25, 0.3) is 30.4 Å². The molecular formula is C14H24N2O10S3. The lowest BCUT2D eigenvalue weighted by atomic mass is 10.2. The van der Waals surface area contributed by atoms with Gasteiger partial charge in [-0.2, -0.15) is 25.3 Å². The van der Waals surface area contributed by atoms with Crippen molar-refractivity contribution in [2.75, 3.05) is 24.1 Å². The lowest BCUT2D eigenvalue weighted by molar-refractivity contribution is 0.0635. The van der Waals surface area contributed by atoms with Gasteiger partial charge >= 0.3 is 6.09 Å². The minimum absolute atomic E-state index is 0.0987. The van der Waals surface area contributed by atoms with E-state index in [2.05, 4.69) is 18.1 Å². The lowest BCUT2D eigenvalue weighted by Crippen LogP contribution is -2.27. The zero-order valence-corrected chi connectivity index (χ0v) is 19.1. The summed E-state index contributed by atoms with van der Waals surface area (Å²) in [7, 11) is -11.2. The van der Waals surface area contributed by atoms with Crippen molar-refractivity contribution >= 4 is 42.3 Å². The third-order valence-electron chi connectivity index (χ3n) is 2.14. The quantitative estimate of drug-likeness (QED) is 0.576. The Kier molecular flexibility index (Phi) is 9.65. The maximum Gasteiger partial charge on any atom is 0.413 e. The Morgan fingerprint density at radius 3 is 1.79 bits per heavy atom. The normalized spacial score (nSPS) is 12.5. The highest BCUT2D eigenvalue weighted by atomic mass is 32.3. The number of ether oxygens (including phenoxy) is 1.